The van der Waals surface area contributed by atoms with E-state index in [1.807, 2.05) is 0 Å². The number of nitrogens with two attached hydrogens (primary N) is 1. The summed E-state index contributed by atoms with van der Waals surface area (Å²) in [7, 11) is 1.54. The van der Waals surface area contributed by atoms with Gasteiger partial charge < -0.3 is 20.9 Å². The van der Waals surface area contributed by atoms with E-state index in [1.165, 1.54) is 7.11 Å². The van der Waals surface area contributed by atoms with Crippen molar-refractivity contribution in [2.75, 3.05) is 24.7 Å². The number of aliphatic hydroxyl groups is 1. The summed E-state index contributed by atoms with van der Waals surface area (Å²) in [5, 5.41) is 12.5. The summed E-state index contributed by atoms with van der Waals surface area (Å²) in [4.78, 5) is 4.12. The largest absolute Gasteiger partial charge is 0.481 e. The molecule has 1 rings (SSSR count). The molecule has 0 bridgehead atoms. The molecule has 1 heterocycles. The Morgan fingerprint density at radius 2 is 2.20 bits per heavy atom. The van der Waals surface area contributed by atoms with Crippen LogP contribution in [0, 0.1) is 0 Å². The number of nitrogens with one attached hydrogen (secondary N) is 1. The van der Waals surface area contributed by atoms with E-state index < -0.39 is 5.60 Å². The van der Waals surface area contributed by atoms with Crippen LogP contribution in [-0.2, 0) is 0 Å². The van der Waals surface area contributed by atoms with Gasteiger partial charge in [-0.1, -0.05) is 0 Å². The molecule has 1 aromatic heterocycles. The normalized spacial score (nSPS) is 11.2. The van der Waals surface area contributed by atoms with E-state index in [4.69, 9.17) is 10.5 Å². The highest BCUT2D eigenvalue weighted by Crippen LogP contribution is 2.19. The van der Waals surface area contributed by atoms with Crippen molar-refractivity contribution < 1.29 is 9.84 Å². The topological polar surface area (TPSA) is 80.4 Å². The maximum absolute atomic E-state index is 9.53. The van der Waals surface area contributed by atoms with Crippen LogP contribution < -0.4 is 15.8 Å². The average Bonchev–Trinajstić information content (AvgIpc) is 2.15. The van der Waals surface area contributed by atoms with Gasteiger partial charge in [0.15, 0.2) is 5.82 Å². The molecule has 0 saturated carbocycles. The van der Waals surface area contributed by atoms with Gasteiger partial charge in [-0.05, 0) is 19.9 Å². The van der Waals surface area contributed by atoms with E-state index >= 15 is 0 Å². The summed E-state index contributed by atoms with van der Waals surface area (Å²) >= 11 is 0. The minimum Gasteiger partial charge on any atom is -0.481 e. The fourth-order valence-electron chi connectivity index (χ4n) is 1.01. The fourth-order valence-corrected chi connectivity index (χ4v) is 1.01. The summed E-state index contributed by atoms with van der Waals surface area (Å²) < 4.78 is 4.97. The molecular weight excluding hydrogens is 194 g/mol. The Morgan fingerprint density at radius 1 is 1.53 bits per heavy atom. The Hall–Kier alpha value is -1.49. The van der Waals surface area contributed by atoms with E-state index in [2.05, 4.69) is 10.3 Å². The minimum atomic E-state index is -0.808. The van der Waals surface area contributed by atoms with Crippen molar-refractivity contribution in [2.45, 2.75) is 19.4 Å². The number of hydrogen-bond acceptors (Lipinski definition) is 5. The lowest BCUT2D eigenvalue weighted by atomic mass is 10.1. The van der Waals surface area contributed by atoms with Crippen molar-refractivity contribution >= 4 is 11.5 Å². The lowest BCUT2D eigenvalue weighted by Crippen LogP contribution is -2.29. The van der Waals surface area contributed by atoms with Gasteiger partial charge in [0.05, 0.1) is 18.4 Å². The monoisotopic (exact) mass is 211 g/mol. The van der Waals surface area contributed by atoms with Crippen LogP contribution in [0.5, 0.6) is 5.88 Å². The van der Waals surface area contributed by atoms with Gasteiger partial charge in [-0.15, -0.1) is 0 Å². The van der Waals surface area contributed by atoms with E-state index in [1.54, 1.807) is 26.0 Å². The van der Waals surface area contributed by atoms with Crippen LogP contribution >= 0.6 is 0 Å². The molecule has 0 aliphatic heterocycles. The second-order valence-electron chi connectivity index (χ2n) is 3.96. The highest BCUT2D eigenvalue weighted by Gasteiger charge is 2.13. The van der Waals surface area contributed by atoms with Crippen LogP contribution in [0.15, 0.2) is 12.1 Å². The molecule has 0 unspecified atom stereocenters. The van der Waals surface area contributed by atoms with E-state index in [9.17, 15) is 5.11 Å². The zero-order valence-electron chi connectivity index (χ0n) is 9.24. The molecule has 15 heavy (non-hydrogen) atoms. The molecule has 0 aliphatic rings. The summed E-state index contributed by atoms with van der Waals surface area (Å²) in [5.41, 5.74) is 5.43. The Bertz CT molecular complexity index is 334. The molecule has 5 nitrogen and oxygen atoms in total. The van der Waals surface area contributed by atoms with Gasteiger partial charge in [0, 0.05) is 12.6 Å². The highest BCUT2D eigenvalue weighted by atomic mass is 16.5. The van der Waals surface area contributed by atoms with Crippen LogP contribution in [0.4, 0.5) is 11.5 Å². The van der Waals surface area contributed by atoms with Gasteiger partial charge in [0.1, 0.15) is 0 Å². The van der Waals surface area contributed by atoms with Gasteiger partial charge >= 0.3 is 0 Å². The number of aromatic nitrogens is 1. The molecule has 0 spiro atoms. The number of hydrogen-bond donors (Lipinski definition) is 3. The van der Waals surface area contributed by atoms with E-state index in [0.717, 1.165) is 0 Å². The summed E-state index contributed by atoms with van der Waals surface area (Å²) in [6, 6.07) is 3.39. The summed E-state index contributed by atoms with van der Waals surface area (Å²) in [6.45, 7) is 3.78. The van der Waals surface area contributed by atoms with Gasteiger partial charge in [-0.3, -0.25) is 0 Å². The highest BCUT2D eigenvalue weighted by molar-refractivity contribution is 5.62. The smallest absolute Gasteiger partial charge is 0.215 e. The third-order valence-corrected chi connectivity index (χ3v) is 1.80. The van der Waals surface area contributed by atoms with Gasteiger partial charge in [0.25, 0.3) is 0 Å². The van der Waals surface area contributed by atoms with Crippen molar-refractivity contribution in [3.63, 3.8) is 0 Å². The van der Waals surface area contributed by atoms with Crippen LogP contribution in [0.25, 0.3) is 0 Å². The molecule has 0 atom stereocenters. The zero-order chi connectivity index (χ0) is 11.5. The molecule has 0 aromatic carbocycles. The first-order chi connectivity index (χ1) is 6.92. The zero-order valence-corrected chi connectivity index (χ0v) is 9.24. The lowest BCUT2D eigenvalue weighted by molar-refractivity contribution is 0.0944. The molecule has 0 radical (unpaired) electrons. The van der Waals surface area contributed by atoms with Crippen molar-refractivity contribution in [3.8, 4) is 5.88 Å². The van der Waals surface area contributed by atoms with Crippen molar-refractivity contribution in [3.05, 3.63) is 12.1 Å². The Kier molecular flexibility index (Phi) is 3.36. The standard InChI is InChI=1S/C10H17N3O2/c1-10(2,14)6-12-9-7(11)4-5-8(13-9)15-3/h4-5,14H,6,11H2,1-3H3,(H,12,13). The number of nitrogen functional groups attached to an aromatic ring is 1. The Labute approximate surface area is 89.3 Å². The predicted octanol–water partition coefficient (Wildman–Crippen LogP) is 0.855. The van der Waals surface area contributed by atoms with Gasteiger partial charge in [0.2, 0.25) is 5.88 Å². The number of pyridine rings is 1. The van der Waals surface area contributed by atoms with Crippen molar-refractivity contribution in [2.24, 2.45) is 0 Å². The molecule has 5 heteroatoms. The molecule has 0 fully saturated rings. The second-order valence-corrected chi connectivity index (χ2v) is 3.96. The maximum atomic E-state index is 9.53. The first-order valence-electron chi connectivity index (χ1n) is 4.69. The molecule has 84 valence electrons. The Balaban J connectivity index is 2.75. The van der Waals surface area contributed by atoms with Crippen molar-refractivity contribution in [1.82, 2.24) is 4.98 Å². The molecule has 0 saturated heterocycles. The first kappa shape index (κ1) is 11.6. The maximum Gasteiger partial charge on any atom is 0.215 e. The predicted molar refractivity (Wildman–Crippen MR) is 60.0 cm³/mol. The molecule has 0 aliphatic carbocycles. The van der Waals surface area contributed by atoms with Crippen LogP contribution in [0.2, 0.25) is 0 Å². The number of ether oxygens (including phenoxy) is 1. The van der Waals surface area contributed by atoms with Crippen LogP contribution in [0.3, 0.4) is 0 Å². The van der Waals surface area contributed by atoms with E-state index in [-0.39, 0.29) is 0 Å². The van der Waals surface area contributed by atoms with E-state index in [0.29, 0.717) is 23.9 Å². The molecule has 4 N–H and O–H groups in total. The molecular formula is C10H17N3O2. The SMILES string of the molecule is COc1ccc(N)c(NCC(C)(C)O)n1. The van der Waals surface area contributed by atoms with Crippen molar-refractivity contribution in [1.29, 1.82) is 0 Å². The van der Waals surface area contributed by atoms with Crippen LogP contribution in [0.1, 0.15) is 13.8 Å². The second kappa shape index (κ2) is 4.35. The summed E-state index contributed by atoms with van der Waals surface area (Å²) in [6.07, 6.45) is 0. The average molecular weight is 211 g/mol. The quantitative estimate of drug-likeness (QED) is 0.688. The first-order valence-corrected chi connectivity index (χ1v) is 4.69. The fraction of sp³-hybridized carbons (Fsp3) is 0.500. The number of anilines is 2. The third kappa shape index (κ3) is 3.63. The molecule has 1 aromatic rings. The Morgan fingerprint density at radius 3 is 2.73 bits per heavy atom. The summed E-state index contributed by atoms with van der Waals surface area (Å²) in [5.74, 6) is 1.01. The lowest BCUT2D eigenvalue weighted by Gasteiger charge is -2.18. The van der Waals surface area contributed by atoms with Gasteiger partial charge in [-0.2, -0.15) is 4.98 Å². The van der Waals surface area contributed by atoms with Crippen LogP contribution in [-0.4, -0.2) is 29.3 Å². The number of nitrogens with zero attached hydrogens (tertiary/aromatic N) is 1. The minimum absolute atomic E-state index is 0.372. The van der Waals surface area contributed by atoms with Gasteiger partial charge in [-0.25, -0.2) is 0 Å². The number of methoxy groups -OCH3 is 1. The third-order valence-electron chi connectivity index (χ3n) is 1.80. The molecule has 0 amide bonds. The number of rotatable bonds is 4.